The zero-order valence-electron chi connectivity index (χ0n) is 12.0. The number of aromatic nitrogens is 2. The topological polar surface area (TPSA) is 54.7 Å². The largest absolute Gasteiger partial charge is 0.382 e. The maximum atomic E-state index is 14.2. The molecule has 1 heterocycles. The first kappa shape index (κ1) is 14.4. The lowest BCUT2D eigenvalue weighted by molar-refractivity contribution is 0.344. The Bertz CT molecular complexity index is 625. The molecular formula is C16H19ClFN3. The Kier molecular flexibility index (Phi) is 3.89. The molecule has 5 heteroatoms. The van der Waals surface area contributed by atoms with Crippen molar-refractivity contribution in [2.24, 2.45) is 5.92 Å². The normalized spacial score (nSPS) is 22.4. The van der Waals surface area contributed by atoms with Crippen LogP contribution in [0.3, 0.4) is 0 Å². The van der Waals surface area contributed by atoms with Gasteiger partial charge in [0.1, 0.15) is 5.82 Å². The van der Waals surface area contributed by atoms with Crippen LogP contribution < -0.4 is 5.73 Å². The number of rotatable bonds is 2. The third-order valence-corrected chi connectivity index (χ3v) is 4.77. The van der Waals surface area contributed by atoms with E-state index in [1.165, 1.54) is 18.9 Å². The van der Waals surface area contributed by atoms with E-state index in [1.807, 2.05) is 0 Å². The smallest absolute Gasteiger partial charge is 0.153 e. The van der Waals surface area contributed by atoms with Crippen LogP contribution in [-0.2, 0) is 0 Å². The number of H-pyrrole nitrogens is 1. The Labute approximate surface area is 128 Å². The molecule has 3 rings (SSSR count). The first-order valence-corrected chi connectivity index (χ1v) is 7.73. The van der Waals surface area contributed by atoms with Crippen LogP contribution in [0, 0.1) is 11.7 Å². The summed E-state index contributed by atoms with van der Waals surface area (Å²) >= 11 is 6.19. The van der Waals surface area contributed by atoms with E-state index in [2.05, 4.69) is 17.1 Å². The third kappa shape index (κ3) is 2.64. The fourth-order valence-corrected chi connectivity index (χ4v) is 3.47. The molecule has 0 unspecified atom stereocenters. The van der Waals surface area contributed by atoms with Gasteiger partial charge in [0.15, 0.2) is 5.82 Å². The minimum Gasteiger partial charge on any atom is -0.382 e. The molecule has 0 spiro atoms. The van der Waals surface area contributed by atoms with Crippen molar-refractivity contribution in [3.8, 4) is 11.1 Å². The number of hydrogen-bond donors (Lipinski definition) is 2. The second-order valence-electron chi connectivity index (χ2n) is 5.95. The van der Waals surface area contributed by atoms with Gasteiger partial charge in [-0.3, -0.25) is 5.10 Å². The number of benzene rings is 1. The molecule has 3 N–H and O–H groups in total. The Morgan fingerprint density at radius 2 is 1.95 bits per heavy atom. The van der Waals surface area contributed by atoms with Crippen molar-refractivity contribution in [2.45, 2.75) is 38.5 Å². The number of nitrogens with zero attached hydrogens (tertiary/aromatic N) is 1. The molecule has 1 aromatic carbocycles. The first-order valence-electron chi connectivity index (χ1n) is 7.36. The number of nitrogens with one attached hydrogen (secondary N) is 1. The number of halogens is 2. The fraction of sp³-hybridized carbons (Fsp3) is 0.438. The van der Waals surface area contributed by atoms with E-state index >= 15 is 0 Å². The molecule has 0 amide bonds. The van der Waals surface area contributed by atoms with Gasteiger partial charge in [-0.15, -0.1) is 0 Å². The molecule has 1 saturated carbocycles. The summed E-state index contributed by atoms with van der Waals surface area (Å²) in [6.07, 6.45) is 4.49. The van der Waals surface area contributed by atoms with Crippen molar-refractivity contribution in [3.05, 3.63) is 34.7 Å². The van der Waals surface area contributed by atoms with E-state index in [4.69, 9.17) is 17.3 Å². The molecule has 1 aromatic heterocycles. The van der Waals surface area contributed by atoms with Crippen LogP contribution in [0.15, 0.2) is 18.2 Å². The molecule has 0 radical (unpaired) electrons. The van der Waals surface area contributed by atoms with Crippen LogP contribution >= 0.6 is 11.6 Å². The van der Waals surface area contributed by atoms with E-state index in [-0.39, 0.29) is 5.82 Å². The first-order chi connectivity index (χ1) is 10.1. The van der Waals surface area contributed by atoms with Crippen molar-refractivity contribution >= 4 is 17.4 Å². The van der Waals surface area contributed by atoms with Crippen molar-refractivity contribution in [3.63, 3.8) is 0 Å². The minimum atomic E-state index is -0.360. The highest BCUT2D eigenvalue weighted by Crippen LogP contribution is 2.43. The van der Waals surface area contributed by atoms with Crippen molar-refractivity contribution in [2.75, 3.05) is 5.73 Å². The number of nitrogen functional groups attached to an aromatic ring is 1. The molecule has 0 saturated heterocycles. The number of hydrogen-bond acceptors (Lipinski definition) is 2. The quantitative estimate of drug-likeness (QED) is 0.841. The zero-order chi connectivity index (χ0) is 15.0. The maximum Gasteiger partial charge on any atom is 0.153 e. The summed E-state index contributed by atoms with van der Waals surface area (Å²) in [4.78, 5) is 0. The predicted octanol–water partition coefficient (Wildman–Crippen LogP) is 4.75. The highest BCUT2D eigenvalue weighted by molar-refractivity contribution is 6.33. The zero-order valence-corrected chi connectivity index (χ0v) is 12.8. The van der Waals surface area contributed by atoms with Crippen LogP contribution in [0.2, 0.25) is 5.02 Å². The maximum absolute atomic E-state index is 14.2. The average Bonchev–Trinajstić information content (AvgIpc) is 2.82. The third-order valence-electron chi connectivity index (χ3n) is 4.46. The molecule has 112 valence electrons. The molecule has 2 aromatic rings. The van der Waals surface area contributed by atoms with Gasteiger partial charge in [0.2, 0.25) is 0 Å². The number of anilines is 1. The van der Waals surface area contributed by atoms with Gasteiger partial charge in [0.25, 0.3) is 0 Å². The summed E-state index contributed by atoms with van der Waals surface area (Å²) < 4.78 is 14.2. The van der Waals surface area contributed by atoms with Crippen LogP contribution in [0.5, 0.6) is 0 Å². The molecule has 1 aliphatic carbocycles. The lowest BCUT2D eigenvalue weighted by Gasteiger charge is -2.26. The molecule has 0 atom stereocenters. The standard InChI is InChI=1S/C16H19ClFN3/c1-9-5-7-10(8-6-9)15-14(16(19)21-20-15)13-11(17)3-2-4-12(13)18/h2-4,9-10H,5-8H2,1H3,(H3,19,20,21). The van der Waals surface area contributed by atoms with E-state index < -0.39 is 0 Å². The Balaban J connectivity index is 2.05. The van der Waals surface area contributed by atoms with Crippen molar-refractivity contribution < 1.29 is 4.39 Å². The Morgan fingerprint density at radius 1 is 1.24 bits per heavy atom. The van der Waals surface area contributed by atoms with Gasteiger partial charge in [0.05, 0.1) is 10.6 Å². The van der Waals surface area contributed by atoms with Crippen LogP contribution in [0.4, 0.5) is 10.2 Å². The summed E-state index contributed by atoms with van der Waals surface area (Å²) in [5.41, 5.74) is 7.90. The molecular weight excluding hydrogens is 289 g/mol. The molecule has 0 aliphatic heterocycles. The Morgan fingerprint density at radius 3 is 2.62 bits per heavy atom. The second kappa shape index (κ2) is 5.68. The number of aromatic amines is 1. The number of nitrogens with two attached hydrogens (primary N) is 1. The summed E-state index contributed by atoms with van der Waals surface area (Å²) in [5, 5.41) is 7.48. The highest BCUT2D eigenvalue weighted by Gasteiger charge is 2.27. The summed E-state index contributed by atoms with van der Waals surface area (Å²) in [6.45, 7) is 2.27. The van der Waals surface area contributed by atoms with E-state index in [9.17, 15) is 4.39 Å². The Hall–Kier alpha value is -1.55. The summed E-state index contributed by atoms with van der Waals surface area (Å²) in [5.74, 6) is 1.05. The van der Waals surface area contributed by atoms with Crippen LogP contribution in [0.25, 0.3) is 11.1 Å². The summed E-state index contributed by atoms with van der Waals surface area (Å²) in [6, 6.07) is 4.68. The molecule has 1 aliphatic rings. The van der Waals surface area contributed by atoms with Crippen molar-refractivity contribution in [1.29, 1.82) is 0 Å². The molecule has 0 bridgehead atoms. The van der Waals surface area contributed by atoms with Gasteiger partial charge < -0.3 is 5.73 Å². The van der Waals surface area contributed by atoms with Gasteiger partial charge in [0, 0.05) is 17.2 Å². The SMILES string of the molecule is CC1CCC(c2[nH]nc(N)c2-c2c(F)cccc2Cl)CC1. The summed E-state index contributed by atoms with van der Waals surface area (Å²) in [7, 11) is 0. The predicted molar refractivity (Wildman–Crippen MR) is 83.8 cm³/mol. The minimum absolute atomic E-state index is 0.315. The van der Waals surface area contributed by atoms with Gasteiger partial charge in [-0.1, -0.05) is 37.4 Å². The lowest BCUT2D eigenvalue weighted by Crippen LogP contribution is -2.12. The molecule has 3 nitrogen and oxygen atoms in total. The second-order valence-corrected chi connectivity index (χ2v) is 6.36. The van der Waals surface area contributed by atoms with Crippen LogP contribution in [0.1, 0.15) is 44.2 Å². The molecule has 21 heavy (non-hydrogen) atoms. The van der Waals surface area contributed by atoms with Gasteiger partial charge in [-0.2, -0.15) is 5.10 Å². The fourth-order valence-electron chi connectivity index (χ4n) is 3.21. The lowest BCUT2D eigenvalue weighted by atomic mass is 9.80. The van der Waals surface area contributed by atoms with E-state index in [0.29, 0.717) is 27.9 Å². The van der Waals surface area contributed by atoms with Gasteiger partial charge in [-0.05, 0) is 30.9 Å². The van der Waals surface area contributed by atoms with E-state index in [0.717, 1.165) is 24.5 Å². The van der Waals surface area contributed by atoms with E-state index in [1.54, 1.807) is 12.1 Å². The monoisotopic (exact) mass is 307 g/mol. The van der Waals surface area contributed by atoms with Crippen LogP contribution in [-0.4, -0.2) is 10.2 Å². The molecule has 1 fully saturated rings. The van der Waals surface area contributed by atoms with Gasteiger partial charge in [-0.25, -0.2) is 4.39 Å². The van der Waals surface area contributed by atoms with Crippen molar-refractivity contribution in [1.82, 2.24) is 10.2 Å². The highest BCUT2D eigenvalue weighted by atomic mass is 35.5. The van der Waals surface area contributed by atoms with Gasteiger partial charge >= 0.3 is 0 Å². The average molecular weight is 308 g/mol.